The highest BCUT2D eigenvalue weighted by Crippen LogP contribution is 2.22. The molecule has 32 heavy (non-hydrogen) atoms. The number of hydrogen-bond acceptors (Lipinski definition) is 6. The monoisotopic (exact) mass is 424 g/mol. The van der Waals surface area contributed by atoms with Gasteiger partial charge in [0, 0.05) is 11.4 Å². The molecule has 6 nitrogen and oxygen atoms in total. The molecule has 0 saturated carbocycles. The maximum atomic E-state index is 12.3. The number of benzene rings is 4. The van der Waals surface area contributed by atoms with E-state index < -0.39 is 11.9 Å². The summed E-state index contributed by atoms with van der Waals surface area (Å²) < 4.78 is 10.7. The minimum atomic E-state index is -0.456. The summed E-state index contributed by atoms with van der Waals surface area (Å²) >= 11 is 0. The van der Waals surface area contributed by atoms with Gasteiger partial charge in [0.25, 0.3) is 0 Å². The van der Waals surface area contributed by atoms with E-state index >= 15 is 0 Å². The van der Waals surface area contributed by atoms with Gasteiger partial charge in [-0.2, -0.15) is 0 Å². The first kappa shape index (κ1) is 20.7. The molecule has 0 aliphatic heterocycles. The Bertz CT molecular complexity index is 1130. The highest BCUT2D eigenvalue weighted by Gasteiger charge is 2.11. The molecule has 0 spiro atoms. The van der Waals surface area contributed by atoms with Crippen LogP contribution in [0.3, 0.4) is 0 Å². The van der Waals surface area contributed by atoms with Crippen molar-refractivity contribution in [2.75, 3.05) is 11.5 Å². The zero-order valence-electron chi connectivity index (χ0n) is 17.0. The number of nitrogen functional groups attached to an aromatic ring is 2. The van der Waals surface area contributed by atoms with Crippen LogP contribution in [0.5, 0.6) is 11.5 Å². The summed E-state index contributed by atoms with van der Waals surface area (Å²) in [5.74, 6) is -0.0615. The van der Waals surface area contributed by atoms with E-state index in [2.05, 4.69) is 0 Å². The highest BCUT2D eigenvalue weighted by atomic mass is 16.5. The van der Waals surface area contributed by atoms with Gasteiger partial charge in [-0.15, -0.1) is 0 Å². The van der Waals surface area contributed by atoms with Crippen molar-refractivity contribution in [1.29, 1.82) is 0 Å². The summed E-state index contributed by atoms with van der Waals surface area (Å²) in [6.07, 6.45) is 0. The Balaban J connectivity index is 1.41. The van der Waals surface area contributed by atoms with E-state index in [9.17, 15) is 9.59 Å². The van der Waals surface area contributed by atoms with Crippen LogP contribution in [-0.2, 0) is 0 Å². The van der Waals surface area contributed by atoms with Crippen molar-refractivity contribution >= 4 is 23.3 Å². The van der Waals surface area contributed by atoms with Crippen molar-refractivity contribution in [1.82, 2.24) is 0 Å². The molecule has 0 fully saturated rings. The topological polar surface area (TPSA) is 105 Å². The fraction of sp³-hybridized carbons (Fsp3) is 0. The van der Waals surface area contributed by atoms with Crippen molar-refractivity contribution in [2.45, 2.75) is 0 Å². The Kier molecular flexibility index (Phi) is 5.85. The Morgan fingerprint density at radius 3 is 1.09 bits per heavy atom. The molecular formula is C26H20N2O4. The van der Waals surface area contributed by atoms with Crippen LogP contribution >= 0.6 is 0 Å². The molecule has 0 unspecified atom stereocenters. The third kappa shape index (κ3) is 4.94. The summed E-state index contributed by atoms with van der Waals surface area (Å²) in [6, 6.07) is 27.3. The standard InChI is InChI=1S/C26H20N2O4/c27-21-9-13-23(14-10-21)31-25(29)19-5-1-17(2-6-19)18-3-7-20(8-4-18)26(30)32-24-15-11-22(28)12-16-24/h1-16H,27-28H2. The lowest BCUT2D eigenvalue weighted by atomic mass is 10.0. The second-order valence-corrected chi connectivity index (χ2v) is 7.07. The van der Waals surface area contributed by atoms with Crippen LogP contribution in [0.25, 0.3) is 11.1 Å². The second-order valence-electron chi connectivity index (χ2n) is 7.07. The maximum Gasteiger partial charge on any atom is 0.343 e. The third-order valence-corrected chi connectivity index (χ3v) is 4.76. The smallest absolute Gasteiger partial charge is 0.343 e. The molecule has 0 aromatic heterocycles. The van der Waals surface area contributed by atoms with Crippen LogP contribution in [0.4, 0.5) is 11.4 Å². The number of anilines is 2. The van der Waals surface area contributed by atoms with E-state index in [0.29, 0.717) is 34.0 Å². The average molecular weight is 424 g/mol. The SMILES string of the molecule is Nc1ccc(OC(=O)c2ccc(-c3ccc(C(=O)Oc4ccc(N)cc4)cc3)cc2)cc1. The van der Waals surface area contributed by atoms with Gasteiger partial charge < -0.3 is 20.9 Å². The summed E-state index contributed by atoms with van der Waals surface area (Å²) in [6.45, 7) is 0. The molecular weight excluding hydrogens is 404 g/mol. The lowest BCUT2D eigenvalue weighted by molar-refractivity contribution is 0.0725. The number of hydrogen-bond donors (Lipinski definition) is 2. The minimum absolute atomic E-state index is 0.425. The van der Waals surface area contributed by atoms with E-state index in [1.165, 1.54) is 0 Å². The van der Waals surface area contributed by atoms with Gasteiger partial charge in [0.05, 0.1) is 11.1 Å². The largest absolute Gasteiger partial charge is 0.423 e. The first-order valence-corrected chi connectivity index (χ1v) is 9.84. The molecule has 0 bridgehead atoms. The molecule has 0 heterocycles. The predicted molar refractivity (Wildman–Crippen MR) is 124 cm³/mol. The molecule has 0 atom stereocenters. The predicted octanol–water partition coefficient (Wildman–Crippen LogP) is 4.96. The Morgan fingerprint density at radius 1 is 0.469 bits per heavy atom. The molecule has 4 aromatic rings. The van der Waals surface area contributed by atoms with E-state index in [4.69, 9.17) is 20.9 Å². The first-order chi connectivity index (χ1) is 15.5. The van der Waals surface area contributed by atoms with Crippen LogP contribution in [0.1, 0.15) is 20.7 Å². The Hall–Kier alpha value is -4.58. The van der Waals surface area contributed by atoms with Gasteiger partial charge >= 0.3 is 11.9 Å². The van der Waals surface area contributed by atoms with Gasteiger partial charge in [0.2, 0.25) is 0 Å². The molecule has 4 rings (SSSR count). The number of ether oxygens (including phenoxy) is 2. The van der Waals surface area contributed by atoms with Gasteiger partial charge in [-0.05, 0) is 83.9 Å². The summed E-state index contributed by atoms with van der Waals surface area (Å²) in [5, 5.41) is 0. The normalized spacial score (nSPS) is 10.4. The van der Waals surface area contributed by atoms with Crippen LogP contribution in [-0.4, -0.2) is 11.9 Å². The van der Waals surface area contributed by atoms with Crippen LogP contribution in [0.2, 0.25) is 0 Å². The molecule has 0 radical (unpaired) electrons. The molecule has 0 aliphatic rings. The molecule has 0 amide bonds. The molecule has 0 aliphatic carbocycles. The zero-order chi connectivity index (χ0) is 22.5. The first-order valence-electron chi connectivity index (χ1n) is 9.84. The summed E-state index contributed by atoms with van der Waals surface area (Å²) in [7, 11) is 0. The quantitative estimate of drug-likeness (QED) is 0.267. The lowest BCUT2D eigenvalue weighted by Gasteiger charge is -2.07. The zero-order valence-corrected chi connectivity index (χ0v) is 17.0. The van der Waals surface area contributed by atoms with Crippen molar-refractivity contribution in [3.8, 4) is 22.6 Å². The molecule has 4 aromatic carbocycles. The van der Waals surface area contributed by atoms with E-state index in [-0.39, 0.29) is 0 Å². The van der Waals surface area contributed by atoms with Gasteiger partial charge in [-0.25, -0.2) is 9.59 Å². The van der Waals surface area contributed by atoms with Gasteiger partial charge in [0.1, 0.15) is 11.5 Å². The number of carbonyl (C=O) groups excluding carboxylic acids is 2. The van der Waals surface area contributed by atoms with E-state index in [1.807, 2.05) is 24.3 Å². The molecule has 4 N–H and O–H groups in total. The van der Waals surface area contributed by atoms with E-state index in [0.717, 1.165) is 11.1 Å². The van der Waals surface area contributed by atoms with Gasteiger partial charge in [0.15, 0.2) is 0 Å². The van der Waals surface area contributed by atoms with Crippen molar-refractivity contribution < 1.29 is 19.1 Å². The third-order valence-electron chi connectivity index (χ3n) is 4.76. The number of carbonyl (C=O) groups is 2. The Morgan fingerprint density at radius 2 is 0.781 bits per heavy atom. The van der Waals surface area contributed by atoms with Gasteiger partial charge in [-0.3, -0.25) is 0 Å². The van der Waals surface area contributed by atoms with Crippen LogP contribution in [0, 0.1) is 0 Å². The maximum absolute atomic E-state index is 12.3. The highest BCUT2D eigenvalue weighted by molar-refractivity contribution is 5.93. The summed E-state index contributed by atoms with van der Waals surface area (Å²) in [4.78, 5) is 24.6. The van der Waals surface area contributed by atoms with Crippen molar-refractivity contribution in [3.63, 3.8) is 0 Å². The van der Waals surface area contributed by atoms with Gasteiger partial charge in [-0.1, -0.05) is 24.3 Å². The summed E-state index contributed by atoms with van der Waals surface area (Å²) in [5.41, 5.74) is 15.1. The fourth-order valence-corrected chi connectivity index (χ4v) is 3.00. The average Bonchev–Trinajstić information content (AvgIpc) is 2.82. The van der Waals surface area contributed by atoms with E-state index in [1.54, 1.807) is 72.8 Å². The molecule has 6 heteroatoms. The number of esters is 2. The van der Waals surface area contributed by atoms with Crippen LogP contribution < -0.4 is 20.9 Å². The van der Waals surface area contributed by atoms with Crippen molar-refractivity contribution in [2.24, 2.45) is 0 Å². The van der Waals surface area contributed by atoms with Crippen molar-refractivity contribution in [3.05, 3.63) is 108 Å². The molecule has 0 saturated heterocycles. The lowest BCUT2D eigenvalue weighted by Crippen LogP contribution is -2.08. The minimum Gasteiger partial charge on any atom is -0.423 e. The van der Waals surface area contributed by atoms with Crippen LogP contribution in [0.15, 0.2) is 97.1 Å². The molecule has 158 valence electrons. The Labute approximate surface area is 185 Å². The number of rotatable bonds is 5. The fourth-order valence-electron chi connectivity index (χ4n) is 3.00. The number of nitrogens with two attached hydrogens (primary N) is 2. The second kappa shape index (κ2) is 9.06.